The van der Waals surface area contributed by atoms with Gasteiger partial charge in [0.1, 0.15) is 0 Å². The molecule has 0 N–H and O–H groups in total. The van der Waals surface area contributed by atoms with Crippen LogP contribution in [0.25, 0.3) is 0 Å². The number of hydrogen-bond acceptors (Lipinski definition) is 1. The van der Waals surface area contributed by atoms with Gasteiger partial charge in [0.15, 0.2) is 0 Å². The van der Waals surface area contributed by atoms with Crippen LogP contribution in [0.2, 0.25) is 0 Å². The summed E-state index contributed by atoms with van der Waals surface area (Å²) in [5.74, 6) is -12.8. The average molecular weight is 382 g/mol. The molecule has 0 saturated carbocycles. The van der Waals surface area contributed by atoms with E-state index in [1.165, 1.54) is 0 Å². The van der Waals surface area contributed by atoms with Crippen LogP contribution < -0.4 is 0 Å². The van der Waals surface area contributed by atoms with E-state index in [-0.39, 0.29) is 0 Å². The van der Waals surface area contributed by atoms with Crippen LogP contribution in [-0.4, -0.2) is 49.3 Å². The van der Waals surface area contributed by atoms with Gasteiger partial charge in [-0.15, -0.1) is 0 Å². The number of hydrogen-bond donors (Lipinski definition) is 0. The zero-order chi connectivity index (χ0) is 19.0. The van der Waals surface area contributed by atoms with E-state index in [4.69, 9.17) is 0 Å². The van der Waals surface area contributed by atoms with E-state index in [0.29, 0.717) is 0 Å². The summed E-state index contributed by atoms with van der Waals surface area (Å²) in [4.78, 5) is 0. The summed E-state index contributed by atoms with van der Waals surface area (Å²) in [5.41, 5.74) is 0. The van der Waals surface area contributed by atoms with Gasteiger partial charge in [0, 0.05) is 0 Å². The van der Waals surface area contributed by atoms with Crippen molar-refractivity contribution in [2.75, 3.05) is 0 Å². The number of ether oxygens (including phenoxy) is 1. The third-order valence-corrected chi connectivity index (χ3v) is 2.15. The monoisotopic (exact) mass is 382 g/mol. The van der Waals surface area contributed by atoms with Crippen molar-refractivity contribution < 1.29 is 66.2 Å². The number of rotatable bonds is 6. The van der Waals surface area contributed by atoms with Crippen LogP contribution in [0.4, 0.5) is 61.5 Å². The lowest BCUT2D eigenvalue weighted by Gasteiger charge is -2.34. The van der Waals surface area contributed by atoms with Gasteiger partial charge in [0.2, 0.25) is 12.2 Å². The summed E-state index contributed by atoms with van der Waals surface area (Å²) < 4.78 is 173. The van der Waals surface area contributed by atoms with E-state index in [1.54, 1.807) is 0 Å². The van der Waals surface area contributed by atoms with Crippen LogP contribution in [0, 0.1) is 0 Å². The molecule has 0 aliphatic heterocycles. The maximum atomic E-state index is 12.6. The summed E-state index contributed by atoms with van der Waals surface area (Å²) in [6, 6.07) is 0. The second kappa shape index (κ2) is 6.47. The molecule has 2 atom stereocenters. The average Bonchev–Trinajstić information content (AvgIpc) is 2.24. The SMILES string of the molecule is FC(F)C(F)(F)[C@H](O[C@@H](C(F)(F)F)C(F)(F)C(F)F)C(F)(F)F. The van der Waals surface area contributed by atoms with Crippen molar-refractivity contribution in [3.05, 3.63) is 0 Å². The predicted molar refractivity (Wildman–Crippen MR) is 42.7 cm³/mol. The zero-order valence-corrected chi connectivity index (χ0v) is 10.0. The lowest BCUT2D eigenvalue weighted by Crippen LogP contribution is -2.59. The van der Waals surface area contributed by atoms with Gasteiger partial charge in [-0.05, 0) is 0 Å². The van der Waals surface area contributed by atoms with Crippen LogP contribution in [0.15, 0.2) is 0 Å². The minimum absolute atomic E-state index is 2.32. The van der Waals surface area contributed by atoms with Gasteiger partial charge >= 0.3 is 37.0 Å². The Bertz CT molecular complexity index is 345. The molecule has 0 aromatic carbocycles. The fraction of sp³-hybridized carbons (Fsp3) is 1.00. The summed E-state index contributed by atoms with van der Waals surface area (Å²) in [7, 11) is 0. The highest BCUT2D eigenvalue weighted by molar-refractivity contribution is 4.93. The van der Waals surface area contributed by atoms with Crippen molar-refractivity contribution in [1.82, 2.24) is 0 Å². The summed E-state index contributed by atoms with van der Waals surface area (Å²) >= 11 is 0. The highest BCUT2D eigenvalue weighted by atomic mass is 19.4. The fourth-order valence-electron chi connectivity index (χ4n) is 1.14. The summed E-state index contributed by atoms with van der Waals surface area (Å²) in [6.45, 7) is 0. The first-order valence-corrected chi connectivity index (χ1v) is 4.97. The second-order valence-corrected chi connectivity index (χ2v) is 3.93. The van der Waals surface area contributed by atoms with Crippen molar-refractivity contribution in [3.8, 4) is 0 Å². The Hall–Kier alpha value is -1.02. The Balaban J connectivity index is 5.94. The quantitative estimate of drug-likeness (QED) is 0.607. The molecule has 0 aromatic rings. The van der Waals surface area contributed by atoms with E-state index in [2.05, 4.69) is 4.74 Å². The number of alkyl halides is 14. The van der Waals surface area contributed by atoms with Crippen molar-refractivity contribution in [2.45, 2.75) is 49.3 Å². The molecule has 0 aromatic heterocycles. The van der Waals surface area contributed by atoms with Crippen LogP contribution in [0.1, 0.15) is 0 Å². The summed E-state index contributed by atoms with van der Waals surface area (Å²) in [6.07, 6.45) is -34.7. The molecule has 15 heteroatoms. The molecule has 140 valence electrons. The van der Waals surface area contributed by atoms with Crippen LogP contribution in [0.5, 0.6) is 0 Å². The molecule has 0 heterocycles. The third kappa shape index (κ3) is 4.97. The Kier molecular flexibility index (Phi) is 6.18. The lowest BCUT2D eigenvalue weighted by atomic mass is 10.1. The van der Waals surface area contributed by atoms with E-state index >= 15 is 0 Å². The molecule has 0 bridgehead atoms. The third-order valence-electron chi connectivity index (χ3n) is 2.15. The van der Waals surface area contributed by atoms with Crippen molar-refractivity contribution in [1.29, 1.82) is 0 Å². The first kappa shape index (κ1) is 22.0. The molecular weight excluding hydrogens is 378 g/mol. The predicted octanol–water partition coefficient (Wildman–Crippen LogP) is 4.67. The van der Waals surface area contributed by atoms with Gasteiger partial charge in [-0.1, -0.05) is 0 Å². The minimum atomic E-state index is -6.69. The normalized spacial score (nSPS) is 17.7. The standard InChI is InChI=1S/C8H4F14O/c9-3(10)5(13,14)1(7(17,18)19)23-2(8(20,21)22)6(15,16)4(11)12/h1-4H/t1-,2+. The van der Waals surface area contributed by atoms with Crippen molar-refractivity contribution in [2.24, 2.45) is 0 Å². The van der Waals surface area contributed by atoms with Crippen LogP contribution in [-0.2, 0) is 4.74 Å². The smallest absolute Gasteiger partial charge is 0.344 e. The molecule has 1 nitrogen and oxygen atoms in total. The topological polar surface area (TPSA) is 9.23 Å². The molecule has 0 unspecified atom stereocenters. The Morgan fingerprint density at radius 2 is 0.696 bits per heavy atom. The minimum Gasteiger partial charge on any atom is -0.344 e. The second-order valence-electron chi connectivity index (χ2n) is 3.93. The lowest BCUT2D eigenvalue weighted by molar-refractivity contribution is -0.378. The molecule has 23 heavy (non-hydrogen) atoms. The summed E-state index contributed by atoms with van der Waals surface area (Å²) in [5, 5.41) is 0. The first-order valence-electron chi connectivity index (χ1n) is 4.97. The molecule has 0 aliphatic rings. The highest BCUT2D eigenvalue weighted by Gasteiger charge is 2.69. The van der Waals surface area contributed by atoms with Gasteiger partial charge in [-0.3, -0.25) is 0 Å². The van der Waals surface area contributed by atoms with E-state index in [0.717, 1.165) is 0 Å². The van der Waals surface area contributed by atoms with Gasteiger partial charge < -0.3 is 4.74 Å². The molecule has 0 amide bonds. The van der Waals surface area contributed by atoms with E-state index in [9.17, 15) is 61.5 Å². The van der Waals surface area contributed by atoms with E-state index in [1.807, 2.05) is 0 Å². The maximum Gasteiger partial charge on any atom is 0.420 e. The molecule has 0 radical (unpaired) electrons. The Morgan fingerprint density at radius 3 is 0.826 bits per heavy atom. The molecule has 0 aliphatic carbocycles. The van der Waals surface area contributed by atoms with Crippen molar-refractivity contribution >= 4 is 0 Å². The van der Waals surface area contributed by atoms with Crippen molar-refractivity contribution in [3.63, 3.8) is 0 Å². The van der Waals surface area contributed by atoms with Gasteiger partial charge in [-0.2, -0.15) is 43.9 Å². The molecule has 0 fully saturated rings. The highest BCUT2D eigenvalue weighted by Crippen LogP contribution is 2.45. The molecule has 0 rings (SSSR count). The van der Waals surface area contributed by atoms with Crippen LogP contribution >= 0.6 is 0 Å². The largest absolute Gasteiger partial charge is 0.420 e. The zero-order valence-electron chi connectivity index (χ0n) is 10.0. The first-order chi connectivity index (χ1) is 9.86. The van der Waals surface area contributed by atoms with E-state index < -0.39 is 49.3 Å². The van der Waals surface area contributed by atoms with Gasteiger partial charge in [0.25, 0.3) is 0 Å². The molecule has 0 spiro atoms. The number of halogens is 14. The fourth-order valence-corrected chi connectivity index (χ4v) is 1.14. The Morgan fingerprint density at radius 1 is 0.478 bits per heavy atom. The van der Waals surface area contributed by atoms with Gasteiger partial charge in [0.05, 0.1) is 0 Å². The maximum absolute atomic E-state index is 12.6. The Labute approximate surface area is 117 Å². The van der Waals surface area contributed by atoms with Gasteiger partial charge in [-0.25, -0.2) is 17.6 Å². The molecule has 0 saturated heterocycles. The van der Waals surface area contributed by atoms with Crippen LogP contribution in [0.3, 0.4) is 0 Å². The molecular formula is C8H4F14O.